The zero-order valence-electron chi connectivity index (χ0n) is 8.66. The molecule has 0 fully saturated rings. The maximum Gasteiger partial charge on any atom is 0.522 e. The molecule has 13 heteroatoms. The Hall–Kier alpha value is -0.433. The number of hydrogen-bond donors (Lipinski definition) is 0. The van der Waals surface area contributed by atoms with E-state index in [1.54, 1.807) is 0 Å². The van der Waals surface area contributed by atoms with E-state index >= 15 is 0 Å². The van der Waals surface area contributed by atoms with E-state index in [-0.39, 0.29) is 13.1 Å². The fourth-order valence-electron chi connectivity index (χ4n) is 0.715. The Morgan fingerprint density at radius 1 is 0.889 bits per heavy atom. The lowest BCUT2D eigenvalue weighted by atomic mass is 10.7. The maximum absolute atomic E-state index is 12.8. The summed E-state index contributed by atoms with van der Waals surface area (Å²) in [7, 11) is -12.1. The van der Waals surface area contributed by atoms with Crippen molar-refractivity contribution in [3.63, 3.8) is 0 Å². The molecule has 0 spiro atoms. The van der Waals surface area contributed by atoms with Gasteiger partial charge in [0.1, 0.15) is 0 Å². The minimum Gasteiger partial charge on any atom is -0.301 e. The fraction of sp³-hybridized carbons (Fsp3) is 1.00. The van der Waals surface area contributed by atoms with Gasteiger partial charge in [-0.05, 0) is 13.1 Å². The molecule has 0 heterocycles. The van der Waals surface area contributed by atoms with Crippen molar-refractivity contribution >= 4 is 18.4 Å². The molecule has 0 radical (unpaired) electrons. The predicted octanol–water partition coefficient (Wildman–Crippen LogP) is 2.79. The highest BCUT2D eigenvalue weighted by Gasteiger charge is 2.71. The van der Waals surface area contributed by atoms with Crippen LogP contribution in [-0.4, -0.2) is 34.0 Å². The second-order valence-corrected chi connectivity index (χ2v) is 9.25. The molecule has 0 aliphatic heterocycles. The lowest BCUT2D eigenvalue weighted by Crippen LogP contribution is -2.60. The van der Waals surface area contributed by atoms with E-state index in [2.05, 4.69) is 3.87 Å². The molecule has 0 atom stereocenters. The highest BCUT2D eigenvalue weighted by molar-refractivity contribution is 7.88. The zero-order valence-corrected chi connectivity index (χ0v) is 10.5. The Balaban J connectivity index is 5.48. The van der Waals surface area contributed by atoms with E-state index in [1.807, 2.05) is 0 Å². The summed E-state index contributed by atoms with van der Waals surface area (Å²) >= 11 is 0. The number of hydrogen-bond acceptors (Lipinski definition) is 3. The van der Waals surface area contributed by atoms with E-state index in [9.17, 15) is 43.5 Å². The molecule has 0 aromatic rings. The summed E-state index contributed by atoms with van der Waals surface area (Å²) in [6.45, 7) is 0.0353. The zero-order chi connectivity index (χ0) is 15.2. The summed E-state index contributed by atoms with van der Waals surface area (Å²) in [6.07, 6.45) is -6.20. The van der Waals surface area contributed by atoms with Crippen molar-refractivity contribution in [2.45, 2.75) is 30.3 Å². The van der Waals surface area contributed by atoms with E-state index in [1.165, 1.54) is 0 Å². The summed E-state index contributed by atoms with van der Waals surface area (Å²) in [4.78, 5) is 0. The first-order valence-corrected chi connectivity index (χ1v) is 8.24. The third-order valence-electron chi connectivity index (χ3n) is 1.71. The first-order valence-electron chi connectivity index (χ1n) is 3.92. The summed E-state index contributed by atoms with van der Waals surface area (Å²) < 4.78 is 121. The molecule has 0 bridgehead atoms. The third kappa shape index (κ3) is 3.11. The van der Waals surface area contributed by atoms with Crippen LogP contribution in [0.4, 0.5) is 35.1 Å². The number of halogens is 8. The second kappa shape index (κ2) is 4.30. The van der Waals surface area contributed by atoms with Gasteiger partial charge in [0.2, 0.25) is 0 Å². The van der Waals surface area contributed by atoms with Gasteiger partial charge in [-0.2, -0.15) is 43.5 Å². The Morgan fingerprint density at radius 3 is 1.44 bits per heavy atom. The molecule has 0 saturated carbocycles. The van der Waals surface area contributed by atoms with Crippen molar-refractivity contribution in [2.75, 3.05) is 0 Å². The molecular weight excluding hydrogens is 320 g/mol. The van der Waals surface area contributed by atoms with Gasteiger partial charge in [-0.1, -0.05) is 0 Å². The molecule has 0 aliphatic carbocycles. The smallest absolute Gasteiger partial charge is 0.301 e. The van der Waals surface area contributed by atoms with Crippen LogP contribution in [0.15, 0.2) is 0 Å². The summed E-state index contributed by atoms with van der Waals surface area (Å²) in [6, 6.07) is 0. The van der Waals surface area contributed by atoms with Crippen LogP contribution in [0, 0.1) is 0 Å². The van der Waals surface area contributed by atoms with Crippen LogP contribution >= 0.6 is 0 Å². The fourth-order valence-corrected chi connectivity index (χ4v) is 4.39. The summed E-state index contributed by atoms with van der Waals surface area (Å²) in [5.41, 5.74) is -11.7. The molecule has 0 amide bonds. The molecular formula is C5H6F8O3SSi. The van der Waals surface area contributed by atoms with Crippen LogP contribution < -0.4 is 0 Å². The molecule has 3 nitrogen and oxygen atoms in total. The van der Waals surface area contributed by atoms with E-state index in [4.69, 9.17) is 0 Å². The van der Waals surface area contributed by atoms with Crippen LogP contribution in [-0.2, 0) is 14.0 Å². The predicted molar refractivity (Wildman–Crippen MR) is 44.5 cm³/mol. The number of rotatable bonds is 3. The average molecular weight is 326 g/mol. The van der Waals surface area contributed by atoms with Crippen molar-refractivity contribution in [1.82, 2.24) is 0 Å². The quantitative estimate of drug-likeness (QED) is 0.455. The van der Waals surface area contributed by atoms with Gasteiger partial charge in [-0.15, -0.1) is 0 Å². The van der Waals surface area contributed by atoms with Crippen LogP contribution in [0.2, 0.25) is 13.1 Å². The summed E-state index contributed by atoms with van der Waals surface area (Å²) in [5, 5.41) is 0. The SMILES string of the molecule is C[Si](C)(OS(=O)(=O)C(F)(F)F)C(F)(F)C(F)(F)F. The molecule has 0 rings (SSSR count). The normalized spacial score (nSPS) is 15.9. The van der Waals surface area contributed by atoms with Gasteiger partial charge >= 0.3 is 35.7 Å². The van der Waals surface area contributed by atoms with Crippen molar-refractivity contribution in [1.29, 1.82) is 0 Å². The molecule has 0 aliphatic rings. The largest absolute Gasteiger partial charge is 0.522 e. The molecule has 0 unspecified atom stereocenters. The molecule has 0 saturated heterocycles. The van der Waals surface area contributed by atoms with Gasteiger partial charge in [0, 0.05) is 0 Å². The highest BCUT2D eigenvalue weighted by atomic mass is 32.2. The van der Waals surface area contributed by atoms with Crippen molar-refractivity contribution in [2.24, 2.45) is 0 Å². The van der Waals surface area contributed by atoms with Gasteiger partial charge in [0.15, 0.2) is 0 Å². The Kier molecular flexibility index (Phi) is 4.19. The standard InChI is InChI=1S/C5H6F8O3SSi/c1-18(2,4(9,10)3(6,7)8)16-17(14,15)5(11,12)13/h1-2H3. The lowest BCUT2D eigenvalue weighted by Gasteiger charge is -2.32. The van der Waals surface area contributed by atoms with Crippen molar-refractivity contribution in [3.8, 4) is 0 Å². The Morgan fingerprint density at radius 2 is 1.22 bits per heavy atom. The lowest BCUT2D eigenvalue weighted by molar-refractivity contribution is -0.251. The Labute approximate surface area is 97.0 Å². The van der Waals surface area contributed by atoms with Crippen molar-refractivity contribution < 1.29 is 47.4 Å². The van der Waals surface area contributed by atoms with Crippen LogP contribution in [0.1, 0.15) is 0 Å². The molecule has 0 aromatic heterocycles. The molecule has 0 aromatic carbocycles. The third-order valence-corrected chi connectivity index (χ3v) is 6.62. The van der Waals surface area contributed by atoms with Gasteiger partial charge in [-0.25, -0.2) is 0 Å². The average Bonchev–Trinajstić information content (AvgIpc) is 1.96. The van der Waals surface area contributed by atoms with Crippen LogP contribution in [0.3, 0.4) is 0 Å². The highest BCUT2D eigenvalue weighted by Crippen LogP contribution is 2.44. The maximum atomic E-state index is 12.8. The first-order chi connectivity index (χ1) is 7.46. The van der Waals surface area contributed by atoms with Gasteiger partial charge < -0.3 is 3.87 Å². The van der Waals surface area contributed by atoms with Crippen LogP contribution in [0.25, 0.3) is 0 Å². The number of alkyl halides is 8. The van der Waals surface area contributed by atoms with Crippen molar-refractivity contribution in [3.05, 3.63) is 0 Å². The Bertz CT molecular complexity index is 407. The summed E-state index contributed by atoms with van der Waals surface area (Å²) in [5.74, 6) is 0. The molecule has 110 valence electrons. The molecule has 18 heavy (non-hydrogen) atoms. The van der Waals surface area contributed by atoms with E-state index in [0.29, 0.717) is 0 Å². The van der Waals surface area contributed by atoms with E-state index in [0.717, 1.165) is 0 Å². The molecule has 0 N–H and O–H groups in total. The topological polar surface area (TPSA) is 43.4 Å². The van der Waals surface area contributed by atoms with E-state index < -0.39 is 35.7 Å². The second-order valence-electron chi connectivity index (χ2n) is 3.57. The first kappa shape index (κ1) is 17.6. The van der Waals surface area contributed by atoms with Gasteiger partial charge in [0.05, 0.1) is 0 Å². The van der Waals surface area contributed by atoms with Crippen LogP contribution in [0.5, 0.6) is 0 Å². The minimum absolute atomic E-state index is 0.0176. The monoisotopic (exact) mass is 326 g/mol. The van der Waals surface area contributed by atoms with Gasteiger partial charge in [0.25, 0.3) is 0 Å². The van der Waals surface area contributed by atoms with Gasteiger partial charge in [-0.3, -0.25) is 0 Å². The minimum atomic E-state index is -6.52.